The number of hydroxylamine groups is 1. The van der Waals surface area contributed by atoms with Crippen LogP contribution in [0.5, 0.6) is 0 Å². The van der Waals surface area contributed by atoms with Crippen molar-refractivity contribution in [2.75, 3.05) is 5.32 Å². The number of rotatable bonds is 13. The lowest BCUT2D eigenvalue weighted by atomic mass is 10.0. The first-order valence-corrected chi connectivity index (χ1v) is 12.0. The van der Waals surface area contributed by atoms with Gasteiger partial charge in [-0.15, -0.1) is 0 Å². The number of aryl methyl sites for hydroxylation is 2. The third-order valence-electron chi connectivity index (χ3n) is 5.52. The predicted octanol–water partition coefficient (Wildman–Crippen LogP) is 7.35. The van der Waals surface area contributed by atoms with Crippen LogP contribution in [0.3, 0.4) is 0 Å². The molecule has 0 bridgehead atoms. The van der Waals surface area contributed by atoms with Crippen molar-refractivity contribution in [1.29, 1.82) is 0 Å². The molecule has 0 radical (unpaired) electrons. The van der Waals surface area contributed by atoms with Crippen LogP contribution < -0.4 is 10.8 Å². The lowest BCUT2D eigenvalue weighted by Gasteiger charge is -2.08. The van der Waals surface area contributed by atoms with Gasteiger partial charge >= 0.3 is 12.0 Å². The molecule has 0 fully saturated rings. The zero-order valence-electron chi connectivity index (χ0n) is 19.6. The second-order valence-electron chi connectivity index (χ2n) is 8.44. The maximum absolute atomic E-state index is 12.1. The van der Waals surface area contributed by atoms with E-state index in [1.165, 1.54) is 69.8 Å². The normalized spacial score (nSPS) is 10.6. The van der Waals surface area contributed by atoms with Crippen LogP contribution in [0, 0.1) is 6.92 Å². The first kappa shape index (κ1) is 25.4. The average molecular weight is 439 g/mol. The van der Waals surface area contributed by atoms with Crippen molar-refractivity contribution in [3.05, 3.63) is 65.2 Å². The van der Waals surface area contributed by atoms with E-state index in [9.17, 15) is 9.59 Å². The Morgan fingerprint density at radius 3 is 2.06 bits per heavy atom. The fourth-order valence-electron chi connectivity index (χ4n) is 3.66. The first-order valence-electron chi connectivity index (χ1n) is 12.0. The smallest absolute Gasteiger partial charge is 0.334 e. The van der Waals surface area contributed by atoms with Crippen molar-refractivity contribution in [2.24, 2.45) is 0 Å². The van der Waals surface area contributed by atoms with Crippen LogP contribution in [-0.4, -0.2) is 12.0 Å². The maximum Gasteiger partial charge on any atom is 0.363 e. The zero-order chi connectivity index (χ0) is 23.0. The van der Waals surface area contributed by atoms with Gasteiger partial charge in [0.05, 0.1) is 5.56 Å². The average Bonchev–Trinajstić information content (AvgIpc) is 2.79. The number of benzene rings is 2. The van der Waals surface area contributed by atoms with Crippen LogP contribution in [0.1, 0.15) is 92.6 Å². The molecule has 2 aromatic rings. The van der Waals surface area contributed by atoms with Crippen LogP contribution in [0.15, 0.2) is 48.5 Å². The van der Waals surface area contributed by atoms with Crippen molar-refractivity contribution in [2.45, 2.75) is 84.5 Å². The Balaban J connectivity index is 1.59. The molecule has 0 aliphatic rings. The molecular weight excluding hydrogens is 400 g/mol. The van der Waals surface area contributed by atoms with Crippen molar-refractivity contribution >= 4 is 17.7 Å². The number of urea groups is 1. The van der Waals surface area contributed by atoms with E-state index in [4.69, 9.17) is 4.84 Å². The van der Waals surface area contributed by atoms with Crippen LogP contribution in [0.4, 0.5) is 10.5 Å². The highest BCUT2D eigenvalue weighted by atomic mass is 16.7. The van der Waals surface area contributed by atoms with E-state index in [-0.39, 0.29) is 0 Å². The molecule has 2 N–H and O–H groups in total. The topological polar surface area (TPSA) is 67.4 Å². The molecule has 0 aliphatic heterocycles. The summed E-state index contributed by atoms with van der Waals surface area (Å²) in [4.78, 5) is 28.9. The van der Waals surface area contributed by atoms with E-state index in [0.29, 0.717) is 11.3 Å². The Morgan fingerprint density at radius 2 is 1.44 bits per heavy atom. The molecule has 0 spiro atoms. The molecule has 174 valence electrons. The molecule has 32 heavy (non-hydrogen) atoms. The summed E-state index contributed by atoms with van der Waals surface area (Å²) in [5.41, 5.74) is 5.42. The number of nitrogens with one attached hydrogen (secondary N) is 2. The fraction of sp³-hybridized carbons (Fsp3) is 0.481. The number of unbranched alkanes of at least 4 members (excludes halogenated alkanes) is 9. The lowest BCUT2D eigenvalue weighted by Crippen LogP contribution is -2.31. The fourth-order valence-corrected chi connectivity index (χ4v) is 3.66. The molecule has 2 rings (SSSR count). The second-order valence-corrected chi connectivity index (χ2v) is 8.44. The Morgan fingerprint density at radius 1 is 0.812 bits per heavy atom. The molecule has 0 saturated heterocycles. The van der Waals surface area contributed by atoms with Crippen LogP contribution >= 0.6 is 0 Å². The summed E-state index contributed by atoms with van der Waals surface area (Å²) in [5, 5.41) is 2.62. The molecule has 0 aromatic heterocycles. The van der Waals surface area contributed by atoms with Gasteiger partial charge in [0.25, 0.3) is 0 Å². The number of carbonyl (C=O) groups excluding carboxylic acids is 2. The van der Waals surface area contributed by atoms with Gasteiger partial charge in [0.2, 0.25) is 0 Å². The van der Waals surface area contributed by atoms with E-state index in [1.54, 1.807) is 18.2 Å². The van der Waals surface area contributed by atoms with Crippen molar-refractivity contribution in [3.63, 3.8) is 0 Å². The number of carbonyl (C=O) groups is 2. The molecule has 5 heteroatoms. The third kappa shape index (κ3) is 10.5. The predicted molar refractivity (Wildman–Crippen MR) is 131 cm³/mol. The first-order chi connectivity index (χ1) is 15.6. The lowest BCUT2D eigenvalue weighted by molar-refractivity contribution is 0.0340. The van der Waals surface area contributed by atoms with Crippen molar-refractivity contribution in [3.8, 4) is 0 Å². The van der Waals surface area contributed by atoms with Gasteiger partial charge < -0.3 is 10.2 Å². The largest absolute Gasteiger partial charge is 0.363 e. The van der Waals surface area contributed by atoms with Crippen molar-refractivity contribution in [1.82, 2.24) is 5.48 Å². The summed E-state index contributed by atoms with van der Waals surface area (Å²) in [7, 11) is 0. The summed E-state index contributed by atoms with van der Waals surface area (Å²) in [5.74, 6) is -0.588. The van der Waals surface area contributed by atoms with Gasteiger partial charge in [-0.25, -0.2) is 9.59 Å². The third-order valence-corrected chi connectivity index (χ3v) is 5.52. The highest BCUT2D eigenvalue weighted by Crippen LogP contribution is 2.14. The molecular formula is C27H38N2O3. The Hall–Kier alpha value is -2.82. The van der Waals surface area contributed by atoms with E-state index < -0.39 is 12.0 Å². The van der Waals surface area contributed by atoms with Gasteiger partial charge in [-0.05, 0) is 55.2 Å². The van der Waals surface area contributed by atoms with Gasteiger partial charge in [0.1, 0.15) is 0 Å². The molecule has 0 unspecified atom stereocenters. The highest BCUT2D eigenvalue weighted by Gasteiger charge is 2.10. The Bertz CT molecular complexity index is 818. The number of hydrogen-bond acceptors (Lipinski definition) is 3. The molecule has 0 aliphatic carbocycles. The molecule has 2 amide bonds. The molecule has 2 aromatic carbocycles. The number of anilines is 1. The van der Waals surface area contributed by atoms with Crippen LogP contribution in [-0.2, 0) is 11.3 Å². The molecule has 0 heterocycles. The maximum atomic E-state index is 12.1. The SMILES string of the molecule is CCCCCCCCCCCCc1ccc(C(=O)ONC(=O)Nc2cccc(C)c2)cc1. The summed E-state index contributed by atoms with van der Waals surface area (Å²) >= 11 is 0. The number of amides is 2. The molecule has 5 nitrogen and oxygen atoms in total. The molecule has 0 saturated carbocycles. The van der Waals surface area contributed by atoms with E-state index in [0.717, 1.165) is 12.0 Å². The monoisotopic (exact) mass is 438 g/mol. The summed E-state index contributed by atoms with van der Waals surface area (Å²) in [6.45, 7) is 4.19. The van der Waals surface area contributed by atoms with Crippen molar-refractivity contribution < 1.29 is 14.4 Å². The van der Waals surface area contributed by atoms with Gasteiger partial charge in [0, 0.05) is 5.69 Å². The quantitative estimate of drug-likeness (QED) is 0.254. The zero-order valence-corrected chi connectivity index (χ0v) is 19.6. The number of hydrogen-bond donors (Lipinski definition) is 2. The van der Waals surface area contributed by atoms with E-state index in [2.05, 4.69) is 17.7 Å². The summed E-state index contributed by atoms with van der Waals surface area (Å²) in [6.07, 6.45) is 14.3. The van der Waals surface area contributed by atoms with E-state index in [1.807, 2.05) is 37.3 Å². The minimum absolute atomic E-state index is 0.410. The van der Waals surface area contributed by atoms with E-state index >= 15 is 0 Å². The van der Waals surface area contributed by atoms with Gasteiger partial charge in [-0.2, -0.15) is 5.48 Å². The Labute approximate surface area is 192 Å². The Kier molecular flexibility index (Phi) is 12.0. The van der Waals surface area contributed by atoms with Gasteiger partial charge in [-0.1, -0.05) is 89.0 Å². The molecule has 0 atom stereocenters. The standard InChI is InChI=1S/C27H38N2O3/c1-3-4-5-6-7-8-9-10-11-12-15-23-17-19-24(20-18-23)26(30)32-29-27(31)28-25-16-13-14-22(2)21-25/h13-14,16-21H,3-12,15H2,1-2H3,(H2,28,29,31). The second kappa shape index (κ2) is 15.1. The minimum atomic E-state index is -0.596. The summed E-state index contributed by atoms with van der Waals surface area (Å²) in [6, 6.07) is 14.2. The summed E-state index contributed by atoms with van der Waals surface area (Å²) < 4.78 is 0. The minimum Gasteiger partial charge on any atom is -0.334 e. The van der Waals surface area contributed by atoms with Crippen LogP contribution in [0.2, 0.25) is 0 Å². The highest BCUT2D eigenvalue weighted by molar-refractivity contribution is 5.93. The van der Waals surface area contributed by atoms with Gasteiger partial charge in [-0.3, -0.25) is 0 Å². The van der Waals surface area contributed by atoms with Crippen LogP contribution in [0.25, 0.3) is 0 Å². The van der Waals surface area contributed by atoms with Gasteiger partial charge in [0.15, 0.2) is 0 Å².